The summed E-state index contributed by atoms with van der Waals surface area (Å²) >= 11 is 0. The number of para-hydroxylation sites is 1. The van der Waals surface area contributed by atoms with Crippen LogP contribution in [0.1, 0.15) is 10.4 Å². The van der Waals surface area contributed by atoms with Crippen molar-refractivity contribution in [3.05, 3.63) is 70.6 Å². The van der Waals surface area contributed by atoms with Gasteiger partial charge in [0.1, 0.15) is 5.75 Å². The molecule has 0 aliphatic heterocycles. The maximum Gasteiger partial charge on any atom is 0.340 e. The average molecular weight is 309 g/mol. The molecule has 0 saturated heterocycles. The van der Waals surface area contributed by atoms with E-state index in [1.54, 1.807) is 30.3 Å². The summed E-state index contributed by atoms with van der Waals surface area (Å²) < 4.78 is 11.5. The average Bonchev–Trinajstić information content (AvgIpc) is 2.61. The first-order valence-electron chi connectivity index (χ1n) is 7.03. The molecule has 0 unspecified atom stereocenters. The molecule has 0 bridgehead atoms. The lowest BCUT2D eigenvalue weighted by molar-refractivity contribution is 0.0602. The summed E-state index contributed by atoms with van der Waals surface area (Å²) in [6.45, 7) is 0. The summed E-state index contributed by atoms with van der Waals surface area (Å²) in [6.07, 6.45) is 1.51. The van der Waals surface area contributed by atoms with Crippen LogP contribution in [0.4, 0.5) is 0 Å². The number of nitrogens with zero attached hydrogens (tertiary/aromatic N) is 1. The second-order valence-corrected chi connectivity index (χ2v) is 4.96. The number of aromatic nitrogens is 1. The van der Waals surface area contributed by atoms with Crippen molar-refractivity contribution >= 4 is 16.7 Å². The van der Waals surface area contributed by atoms with Crippen molar-refractivity contribution in [2.75, 3.05) is 14.2 Å². The lowest BCUT2D eigenvalue weighted by atomic mass is 10.1. The van der Waals surface area contributed by atoms with Gasteiger partial charge in [-0.15, -0.1) is 0 Å². The number of esters is 1. The van der Waals surface area contributed by atoms with Gasteiger partial charge in [0.05, 0.1) is 19.8 Å². The number of carbonyl (C=O) groups excluding carboxylic acids is 1. The highest BCUT2D eigenvalue weighted by Crippen LogP contribution is 2.23. The molecule has 0 amide bonds. The van der Waals surface area contributed by atoms with E-state index < -0.39 is 5.97 Å². The van der Waals surface area contributed by atoms with Gasteiger partial charge in [0.2, 0.25) is 0 Å². The summed E-state index contributed by atoms with van der Waals surface area (Å²) in [5, 5.41) is 0.936. The first-order chi connectivity index (χ1) is 11.2. The van der Waals surface area contributed by atoms with Gasteiger partial charge in [0, 0.05) is 22.7 Å². The first-order valence-corrected chi connectivity index (χ1v) is 7.03. The largest absolute Gasteiger partial charge is 0.497 e. The third-order valence-corrected chi connectivity index (χ3v) is 3.66. The van der Waals surface area contributed by atoms with Gasteiger partial charge in [-0.05, 0) is 30.3 Å². The van der Waals surface area contributed by atoms with Crippen LogP contribution in [-0.4, -0.2) is 24.8 Å². The first kappa shape index (κ1) is 14.8. The number of rotatable bonds is 3. The molecule has 0 spiro atoms. The minimum absolute atomic E-state index is 0.207. The molecule has 0 aliphatic rings. The lowest BCUT2D eigenvalue weighted by Gasteiger charge is -2.12. The van der Waals surface area contributed by atoms with Gasteiger partial charge < -0.3 is 9.47 Å². The number of hydrogen-bond donors (Lipinski definition) is 0. The molecule has 1 aromatic heterocycles. The van der Waals surface area contributed by atoms with Crippen LogP contribution in [0.5, 0.6) is 5.75 Å². The van der Waals surface area contributed by atoms with E-state index in [4.69, 9.17) is 9.47 Å². The predicted molar refractivity (Wildman–Crippen MR) is 87.4 cm³/mol. The number of fused-ring (bicyclic) bond motifs is 1. The smallest absolute Gasteiger partial charge is 0.340 e. The van der Waals surface area contributed by atoms with Crippen LogP contribution >= 0.6 is 0 Å². The Morgan fingerprint density at radius 2 is 1.74 bits per heavy atom. The molecule has 3 aromatic rings. The molecule has 0 fully saturated rings. The molecule has 5 heteroatoms. The van der Waals surface area contributed by atoms with Gasteiger partial charge in [-0.1, -0.05) is 18.2 Å². The number of methoxy groups -OCH3 is 2. The number of hydrogen-bond acceptors (Lipinski definition) is 4. The molecule has 0 radical (unpaired) electrons. The molecule has 3 rings (SSSR count). The summed E-state index contributed by atoms with van der Waals surface area (Å²) in [4.78, 5) is 24.9. The fraction of sp³-hybridized carbons (Fsp3) is 0.111. The maximum absolute atomic E-state index is 12.8. The highest BCUT2D eigenvalue weighted by molar-refractivity contribution is 6.04. The zero-order valence-corrected chi connectivity index (χ0v) is 12.8. The number of ether oxygens (including phenoxy) is 2. The minimum atomic E-state index is -0.507. The standard InChI is InChI=1S/C18H15NO4/c1-22-13-8-9-14-15(10-13)16(18(21)23-2)11-19(17(14)20)12-6-4-3-5-7-12/h3-11H,1-2H3. The highest BCUT2D eigenvalue weighted by atomic mass is 16.5. The summed E-state index contributed by atoms with van der Waals surface area (Å²) in [7, 11) is 2.84. The monoisotopic (exact) mass is 309 g/mol. The van der Waals surface area contributed by atoms with Crippen LogP contribution in [0.3, 0.4) is 0 Å². The molecule has 0 aliphatic carbocycles. The molecule has 23 heavy (non-hydrogen) atoms. The normalized spacial score (nSPS) is 10.5. The summed E-state index contributed by atoms with van der Waals surface area (Å²) in [5.41, 5.74) is 0.784. The Morgan fingerprint density at radius 3 is 2.39 bits per heavy atom. The third-order valence-electron chi connectivity index (χ3n) is 3.66. The topological polar surface area (TPSA) is 57.5 Å². The van der Waals surface area contributed by atoms with Crippen molar-refractivity contribution in [1.82, 2.24) is 4.57 Å². The van der Waals surface area contributed by atoms with E-state index in [1.165, 1.54) is 25.0 Å². The van der Waals surface area contributed by atoms with Crippen LogP contribution in [-0.2, 0) is 4.74 Å². The van der Waals surface area contributed by atoms with Crippen LogP contribution in [0.25, 0.3) is 16.5 Å². The van der Waals surface area contributed by atoms with Crippen molar-refractivity contribution in [2.45, 2.75) is 0 Å². The van der Waals surface area contributed by atoms with Crippen LogP contribution < -0.4 is 10.3 Å². The van der Waals surface area contributed by atoms with Gasteiger partial charge in [-0.25, -0.2) is 4.79 Å². The number of carbonyl (C=O) groups is 1. The highest BCUT2D eigenvalue weighted by Gasteiger charge is 2.16. The van der Waals surface area contributed by atoms with Crippen molar-refractivity contribution in [3.63, 3.8) is 0 Å². The quantitative estimate of drug-likeness (QED) is 0.698. The van der Waals surface area contributed by atoms with Gasteiger partial charge in [-0.3, -0.25) is 9.36 Å². The molecule has 5 nitrogen and oxygen atoms in total. The Balaban J connectivity index is 2.39. The Labute approximate surface area is 132 Å². The Morgan fingerprint density at radius 1 is 1.00 bits per heavy atom. The Bertz CT molecular complexity index is 929. The van der Waals surface area contributed by atoms with Crippen molar-refractivity contribution in [3.8, 4) is 11.4 Å². The van der Waals surface area contributed by atoms with E-state index in [0.29, 0.717) is 27.8 Å². The van der Waals surface area contributed by atoms with E-state index in [-0.39, 0.29) is 5.56 Å². The minimum Gasteiger partial charge on any atom is -0.497 e. The van der Waals surface area contributed by atoms with E-state index in [0.717, 1.165) is 0 Å². The zero-order chi connectivity index (χ0) is 16.4. The second-order valence-electron chi connectivity index (χ2n) is 4.96. The molecule has 0 atom stereocenters. The van der Waals surface area contributed by atoms with Crippen LogP contribution in [0.2, 0.25) is 0 Å². The maximum atomic E-state index is 12.8. The van der Waals surface area contributed by atoms with Gasteiger partial charge in [-0.2, -0.15) is 0 Å². The van der Waals surface area contributed by atoms with E-state index >= 15 is 0 Å². The second kappa shape index (κ2) is 5.96. The van der Waals surface area contributed by atoms with E-state index in [2.05, 4.69) is 0 Å². The third kappa shape index (κ3) is 2.57. The molecule has 1 heterocycles. The van der Waals surface area contributed by atoms with Crippen molar-refractivity contribution < 1.29 is 14.3 Å². The Kier molecular flexibility index (Phi) is 3.85. The molecular weight excluding hydrogens is 294 g/mol. The molecule has 116 valence electrons. The number of benzene rings is 2. The predicted octanol–water partition coefficient (Wildman–Crippen LogP) is 2.79. The number of pyridine rings is 1. The SMILES string of the molecule is COC(=O)c1cn(-c2ccccc2)c(=O)c2ccc(OC)cc12. The molecular formula is C18H15NO4. The molecule has 0 saturated carbocycles. The van der Waals surface area contributed by atoms with Gasteiger partial charge in [0.25, 0.3) is 5.56 Å². The lowest BCUT2D eigenvalue weighted by Crippen LogP contribution is -2.21. The molecule has 0 N–H and O–H groups in total. The Hall–Kier alpha value is -3.08. The zero-order valence-electron chi connectivity index (χ0n) is 12.8. The van der Waals surface area contributed by atoms with Crippen LogP contribution in [0.15, 0.2) is 59.5 Å². The van der Waals surface area contributed by atoms with E-state index in [1.807, 2.05) is 18.2 Å². The molecule has 2 aromatic carbocycles. The van der Waals surface area contributed by atoms with Crippen molar-refractivity contribution in [1.29, 1.82) is 0 Å². The summed E-state index contributed by atoms with van der Waals surface area (Å²) in [5.74, 6) is 0.0625. The van der Waals surface area contributed by atoms with Crippen LogP contribution in [0, 0.1) is 0 Å². The van der Waals surface area contributed by atoms with Crippen molar-refractivity contribution in [2.24, 2.45) is 0 Å². The van der Waals surface area contributed by atoms with Gasteiger partial charge >= 0.3 is 5.97 Å². The van der Waals surface area contributed by atoms with Gasteiger partial charge in [0.15, 0.2) is 0 Å². The fourth-order valence-electron chi connectivity index (χ4n) is 2.50. The summed E-state index contributed by atoms with van der Waals surface area (Å²) in [6, 6.07) is 14.1. The fourth-order valence-corrected chi connectivity index (χ4v) is 2.50. The van der Waals surface area contributed by atoms with E-state index in [9.17, 15) is 9.59 Å².